The lowest BCUT2D eigenvalue weighted by atomic mass is 10.0. The van der Waals surface area contributed by atoms with Gasteiger partial charge in [0.1, 0.15) is 11.1 Å². The lowest BCUT2D eigenvalue weighted by molar-refractivity contribution is -0.136. The van der Waals surface area contributed by atoms with Crippen LogP contribution in [0.2, 0.25) is 0 Å². The van der Waals surface area contributed by atoms with Gasteiger partial charge in [-0.3, -0.25) is 4.79 Å². The first-order chi connectivity index (χ1) is 12.2. The molecule has 1 aromatic carbocycles. The minimum Gasteiger partial charge on any atom is -0.481 e. The predicted molar refractivity (Wildman–Crippen MR) is 94.9 cm³/mol. The molecule has 1 amide bonds. The minimum atomic E-state index is -0.884. The molecule has 3 rings (SSSR count). The molecule has 0 bridgehead atoms. The summed E-state index contributed by atoms with van der Waals surface area (Å²) >= 11 is 0. The quantitative estimate of drug-likeness (QED) is 0.904. The van der Waals surface area contributed by atoms with Gasteiger partial charge in [-0.25, -0.2) is 9.48 Å². The van der Waals surface area contributed by atoms with Crippen LogP contribution >= 0.6 is 0 Å². The number of piperidine rings is 1. The lowest BCUT2D eigenvalue weighted by Crippen LogP contribution is -2.42. The van der Waals surface area contributed by atoms with Crippen LogP contribution in [0.5, 0.6) is 0 Å². The molecule has 140 valence electrons. The van der Waals surface area contributed by atoms with Gasteiger partial charge in [0.15, 0.2) is 0 Å². The molecule has 1 saturated heterocycles. The van der Waals surface area contributed by atoms with Crippen molar-refractivity contribution in [1.29, 1.82) is 0 Å². The van der Waals surface area contributed by atoms with Crippen molar-refractivity contribution >= 4 is 23.1 Å². The van der Waals surface area contributed by atoms with Crippen molar-refractivity contribution in [3.05, 3.63) is 23.8 Å². The van der Waals surface area contributed by atoms with E-state index in [1.54, 1.807) is 17.0 Å². The number of fused-ring (bicyclic) bond motifs is 1. The lowest BCUT2D eigenvalue weighted by Gasteiger charge is -2.33. The largest absolute Gasteiger partial charge is 0.481 e. The molecule has 0 unspecified atom stereocenters. The maximum absolute atomic E-state index is 12.2. The average molecular weight is 360 g/mol. The summed E-state index contributed by atoms with van der Waals surface area (Å²) in [6, 6.07) is 5.50. The second kappa shape index (κ2) is 6.93. The van der Waals surface area contributed by atoms with Gasteiger partial charge in [0.25, 0.3) is 0 Å². The maximum atomic E-state index is 12.2. The molecule has 1 fully saturated rings. The van der Waals surface area contributed by atoms with Crippen LogP contribution in [-0.2, 0) is 16.0 Å². The zero-order valence-corrected chi connectivity index (χ0v) is 15.3. The SMILES string of the molecule is CC(C)(C)OC(=O)N1CCC(n2nnc3cccc(CC(=O)O)c32)CC1. The summed E-state index contributed by atoms with van der Waals surface area (Å²) in [6.45, 7) is 6.69. The predicted octanol–water partition coefficient (Wildman–Crippen LogP) is 2.63. The Morgan fingerprint density at radius 3 is 2.58 bits per heavy atom. The number of hydrogen-bond donors (Lipinski definition) is 1. The van der Waals surface area contributed by atoms with E-state index in [2.05, 4.69) is 10.3 Å². The molecular formula is C18H24N4O4. The number of benzene rings is 1. The maximum Gasteiger partial charge on any atom is 0.410 e. The Balaban J connectivity index is 1.76. The highest BCUT2D eigenvalue weighted by Crippen LogP contribution is 2.28. The summed E-state index contributed by atoms with van der Waals surface area (Å²) in [6.07, 6.45) is 1.07. The third kappa shape index (κ3) is 3.95. The van der Waals surface area contributed by atoms with E-state index in [4.69, 9.17) is 9.84 Å². The van der Waals surface area contributed by atoms with Gasteiger partial charge in [-0.1, -0.05) is 17.3 Å². The van der Waals surface area contributed by atoms with Crippen molar-refractivity contribution < 1.29 is 19.4 Å². The molecule has 2 heterocycles. The Morgan fingerprint density at radius 1 is 1.27 bits per heavy atom. The van der Waals surface area contributed by atoms with E-state index < -0.39 is 11.6 Å². The Bertz CT molecular complexity index is 816. The molecule has 0 aliphatic carbocycles. The number of para-hydroxylation sites is 1. The molecule has 0 atom stereocenters. The molecule has 8 nitrogen and oxygen atoms in total. The normalized spacial score (nSPS) is 16.0. The smallest absolute Gasteiger partial charge is 0.410 e. The topological polar surface area (TPSA) is 97.5 Å². The van der Waals surface area contributed by atoms with Crippen LogP contribution in [-0.4, -0.2) is 55.8 Å². The molecule has 0 saturated carbocycles. The fraction of sp³-hybridized carbons (Fsp3) is 0.556. The highest BCUT2D eigenvalue weighted by molar-refractivity contribution is 5.83. The molecular weight excluding hydrogens is 336 g/mol. The van der Waals surface area contributed by atoms with Crippen molar-refractivity contribution in [2.45, 2.75) is 51.7 Å². The number of carboxylic acids is 1. The van der Waals surface area contributed by atoms with Crippen LogP contribution < -0.4 is 0 Å². The number of rotatable bonds is 3. The van der Waals surface area contributed by atoms with Crippen LogP contribution in [0.4, 0.5) is 4.79 Å². The van der Waals surface area contributed by atoms with Gasteiger partial charge < -0.3 is 14.7 Å². The minimum absolute atomic E-state index is 0.0680. The molecule has 26 heavy (non-hydrogen) atoms. The van der Waals surface area contributed by atoms with Gasteiger partial charge in [0.2, 0.25) is 0 Å². The van der Waals surface area contributed by atoms with Gasteiger partial charge in [-0.15, -0.1) is 5.10 Å². The van der Waals surface area contributed by atoms with Crippen molar-refractivity contribution in [1.82, 2.24) is 19.9 Å². The molecule has 8 heteroatoms. The first-order valence-corrected chi connectivity index (χ1v) is 8.77. The van der Waals surface area contributed by atoms with Gasteiger partial charge in [-0.2, -0.15) is 0 Å². The zero-order chi connectivity index (χ0) is 18.9. The Hall–Kier alpha value is -2.64. The number of ether oxygens (including phenoxy) is 1. The summed E-state index contributed by atoms with van der Waals surface area (Å²) in [5.41, 5.74) is 1.65. The zero-order valence-electron chi connectivity index (χ0n) is 15.3. The Kier molecular flexibility index (Phi) is 4.84. The molecule has 2 aromatic rings. The molecule has 0 spiro atoms. The second-order valence-corrected chi connectivity index (χ2v) is 7.59. The summed E-state index contributed by atoms with van der Waals surface area (Å²) < 4.78 is 7.24. The first-order valence-electron chi connectivity index (χ1n) is 8.77. The number of carbonyl (C=O) groups excluding carboxylic acids is 1. The van der Waals surface area contributed by atoms with E-state index >= 15 is 0 Å². The van der Waals surface area contributed by atoms with Crippen LogP contribution in [0.15, 0.2) is 18.2 Å². The van der Waals surface area contributed by atoms with E-state index in [1.165, 1.54) is 0 Å². The highest BCUT2D eigenvalue weighted by Gasteiger charge is 2.29. The van der Waals surface area contributed by atoms with Gasteiger partial charge >= 0.3 is 12.1 Å². The summed E-state index contributed by atoms with van der Waals surface area (Å²) in [5.74, 6) is -0.884. The van der Waals surface area contributed by atoms with E-state index in [0.29, 0.717) is 24.2 Å². The van der Waals surface area contributed by atoms with Crippen molar-refractivity contribution in [3.8, 4) is 0 Å². The molecule has 1 aliphatic rings. The summed E-state index contributed by atoms with van der Waals surface area (Å²) in [4.78, 5) is 25.1. The third-order valence-corrected chi connectivity index (χ3v) is 4.38. The van der Waals surface area contributed by atoms with Crippen LogP contribution in [0.1, 0.15) is 45.2 Å². The van der Waals surface area contributed by atoms with E-state index in [9.17, 15) is 9.59 Å². The number of carbonyl (C=O) groups is 2. The van der Waals surface area contributed by atoms with Crippen molar-refractivity contribution in [2.75, 3.05) is 13.1 Å². The van der Waals surface area contributed by atoms with Crippen LogP contribution in [0, 0.1) is 0 Å². The first kappa shape index (κ1) is 18.2. The fourth-order valence-corrected chi connectivity index (χ4v) is 3.24. The van der Waals surface area contributed by atoms with Crippen LogP contribution in [0.3, 0.4) is 0 Å². The van der Waals surface area contributed by atoms with Crippen LogP contribution in [0.25, 0.3) is 11.0 Å². The highest BCUT2D eigenvalue weighted by atomic mass is 16.6. The Labute approximate surface area is 151 Å². The number of aromatic nitrogens is 3. The number of aliphatic carboxylic acids is 1. The van der Waals surface area contributed by atoms with Gasteiger partial charge in [0.05, 0.1) is 18.0 Å². The monoisotopic (exact) mass is 360 g/mol. The number of likely N-dealkylation sites (tertiary alicyclic amines) is 1. The van der Waals surface area contributed by atoms with E-state index in [0.717, 1.165) is 18.4 Å². The van der Waals surface area contributed by atoms with E-state index in [1.807, 2.05) is 31.5 Å². The van der Waals surface area contributed by atoms with Gasteiger partial charge in [0, 0.05) is 13.1 Å². The van der Waals surface area contributed by atoms with Crippen molar-refractivity contribution in [2.24, 2.45) is 0 Å². The van der Waals surface area contributed by atoms with Gasteiger partial charge in [-0.05, 0) is 45.2 Å². The number of nitrogens with zero attached hydrogens (tertiary/aromatic N) is 4. The van der Waals surface area contributed by atoms with E-state index in [-0.39, 0.29) is 18.6 Å². The average Bonchev–Trinajstić information content (AvgIpc) is 2.98. The number of carboxylic acid groups (broad SMARTS) is 1. The molecule has 1 aliphatic heterocycles. The Morgan fingerprint density at radius 2 is 1.96 bits per heavy atom. The summed E-state index contributed by atoms with van der Waals surface area (Å²) in [5, 5.41) is 17.6. The fourth-order valence-electron chi connectivity index (χ4n) is 3.24. The standard InChI is InChI=1S/C18H24N4O4/c1-18(2,3)26-17(25)21-9-7-13(8-10-21)22-16-12(11-15(23)24)5-4-6-14(16)19-20-22/h4-6,13H,7-11H2,1-3H3,(H,23,24). The molecule has 1 aromatic heterocycles. The third-order valence-electron chi connectivity index (χ3n) is 4.38. The number of amides is 1. The number of hydrogen-bond acceptors (Lipinski definition) is 5. The van der Waals surface area contributed by atoms with Crippen molar-refractivity contribution in [3.63, 3.8) is 0 Å². The second-order valence-electron chi connectivity index (χ2n) is 7.59. The summed E-state index contributed by atoms with van der Waals surface area (Å²) in [7, 11) is 0. The molecule has 1 N–H and O–H groups in total. The molecule has 0 radical (unpaired) electrons.